The van der Waals surface area contributed by atoms with Crippen LogP contribution in [0.5, 0.6) is 0 Å². The Morgan fingerprint density at radius 3 is 2.60 bits per heavy atom. The topological polar surface area (TPSA) is 39.6 Å². The number of halogens is 3. The van der Waals surface area contributed by atoms with Crippen LogP contribution in [0.2, 0.25) is 0 Å². The predicted octanol–water partition coefficient (Wildman–Crippen LogP) is 3.06. The van der Waals surface area contributed by atoms with Crippen LogP contribution in [-0.2, 0) is 6.18 Å². The molecular weight excluding hydrogens is 205 g/mol. The molecule has 0 saturated carbocycles. The van der Waals surface area contributed by atoms with E-state index in [-0.39, 0.29) is 5.56 Å². The maximum atomic E-state index is 12.3. The zero-order valence-corrected chi connectivity index (χ0v) is 7.39. The fourth-order valence-electron chi connectivity index (χ4n) is 1.41. The summed E-state index contributed by atoms with van der Waals surface area (Å²) in [5, 5.41) is 9.00. The quantitative estimate of drug-likeness (QED) is 0.713. The molecule has 15 heavy (non-hydrogen) atoms. The smallest absolute Gasteiger partial charge is 0.351 e. The summed E-state index contributed by atoms with van der Waals surface area (Å²) in [6, 6.07) is 7.33. The lowest BCUT2D eigenvalue weighted by atomic mass is 10.1. The number of fused-ring (bicyclic) bond motifs is 1. The van der Waals surface area contributed by atoms with E-state index < -0.39 is 11.9 Å². The van der Waals surface area contributed by atoms with Gasteiger partial charge in [0.05, 0.1) is 11.6 Å². The maximum absolute atomic E-state index is 12.3. The van der Waals surface area contributed by atoms with Gasteiger partial charge in [-0.15, -0.1) is 0 Å². The van der Waals surface area contributed by atoms with E-state index >= 15 is 0 Å². The van der Waals surface area contributed by atoms with Crippen LogP contribution >= 0.6 is 0 Å². The van der Waals surface area contributed by atoms with Crippen LogP contribution in [0.15, 0.2) is 24.3 Å². The number of rotatable bonds is 0. The summed E-state index contributed by atoms with van der Waals surface area (Å²) in [4.78, 5) is 2.23. The zero-order valence-electron chi connectivity index (χ0n) is 7.39. The van der Waals surface area contributed by atoms with Crippen LogP contribution in [0.25, 0.3) is 10.9 Å². The Labute approximate surface area is 82.9 Å². The molecule has 1 aromatic heterocycles. The average molecular weight is 210 g/mol. The highest BCUT2D eigenvalue weighted by Gasteiger charge is 2.32. The number of hydrogen-bond donors (Lipinski definition) is 1. The number of H-pyrrole nitrogens is 1. The molecule has 0 radical (unpaired) electrons. The molecular formula is C10H5F3N2. The van der Waals surface area contributed by atoms with Gasteiger partial charge >= 0.3 is 6.18 Å². The van der Waals surface area contributed by atoms with Gasteiger partial charge in [-0.3, -0.25) is 0 Å². The van der Waals surface area contributed by atoms with Gasteiger partial charge in [0.1, 0.15) is 5.69 Å². The number of nitrogens with one attached hydrogen (secondary N) is 1. The molecule has 1 N–H and O–H groups in total. The Morgan fingerprint density at radius 2 is 2.00 bits per heavy atom. The van der Waals surface area contributed by atoms with Crippen molar-refractivity contribution in [2.24, 2.45) is 0 Å². The van der Waals surface area contributed by atoms with E-state index in [0.29, 0.717) is 10.9 Å². The molecule has 5 heteroatoms. The molecule has 2 nitrogen and oxygen atoms in total. The fraction of sp³-hybridized carbons (Fsp3) is 0.100. The maximum Gasteiger partial charge on any atom is 0.431 e. The summed E-state index contributed by atoms with van der Waals surface area (Å²) >= 11 is 0. The standard InChI is InChI=1S/C10H5F3N2/c11-10(12,13)9-4-7-6(5-14)2-1-3-8(7)15-9/h1-4,15H. The summed E-state index contributed by atoms with van der Waals surface area (Å²) in [6.07, 6.45) is -4.41. The lowest BCUT2D eigenvalue weighted by Gasteiger charge is -2.00. The van der Waals surface area contributed by atoms with Gasteiger partial charge in [0.2, 0.25) is 0 Å². The molecule has 1 aromatic carbocycles. The Kier molecular flexibility index (Phi) is 1.93. The summed E-state index contributed by atoms with van der Waals surface area (Å²) in [6.45, 7) is 0. The summed E-state index contributed by atoms with van der Waals surface area (Å²) < 4.78 is 37.0. The number of nitrogens with zero attached hydrogens (tertiary/aromatic N) is 1. The first kappa shape index (κ1) is 9.59. The molecule has 0 bridgehead atoms. The van der Waals surface area contributed by atoms with Crippen LogP contribution in [0.3, 0.4) is 0 Å². The van der Waals surface area contributed by atoms with E-state index in [9.17, 15) is 13.2 Å². The molecule has 76 valence electrons. The third-order valence-corrected chi connectivity index (χ3v) is 2.09. The third kappa shape index (κ3) is 1.54. The Balaban J connectivity index is 2.72. The molecule has 0 spiro atoms. The second-order valence-corrected chi connectivity index (χ2v) is 3.06. The highest BCUT2D eigenvalue weighted by Crippen LogP contribution is 2.31. The summed E-state index contributed by atoms with van der Waals surface area (Å²) in [7, 11) is 0. The van der Waals surface area contributed by atoms with Crippen molar-refractivity contribution in [3.8, 4) is 6.07 Å². The van der Waals surface area contributed by atoms with Gasteiger partial charge < -0.3 is 4.98 Å². The second kappa shape index (κ2) is 3.02. The van der Waals surface area contributed by atoms with E-state index in [1.165, 1.54) is 18.2 Å². The van der Waals surface area contributed by atoms with E-state index in [0.717, 1.165) is 6.07 Å². The monoisotopic (exact) mass is 210 g/mol. The number of benzene rings is 1. The molecule has 0 amide bonds. The van der Waals surface area contributed by atoms with Crippen molar-refractivity contribution in [1.29, 1.82) is 5.26 Å². The molecule has 2 rings (SSSR count). The van der Waals surface area contributed by atoms with Crippen LogP contribution in [0, 0.1) is 11.3 Å². The lowest BCUT2D eigenvalue weighted by Crippen LogP contribution is -2.04. The fourth-order valence-corrected chi connectivity index (χ4v) is 1.41. The highest BCUT2D eigenvalue weighted by atomic mass is 19.4. The number of aromatic nitrogens is 1. The van der Waals surface area contributed by atoms with Crippen LogP contribution < -0.4 is 0 Å². The number of hydrogen-bond acceptors (Lipinski definition) is 1. The largest absolute Gasteiger partial charge is 0.431 e. The molecule has 0 aliphatic heterocycles. The first-order chi connectivity index (χ1) is 7.02. The van der Waals surface area contributed by atoms with Crippen molar-refractivity contribution in [1.82, 2.24) is 4.98 Å². The number of nitriles is 1. The predicted molar refractivity (Wildman–Crippen MR) is 48.0 cm³/mol. The molecule has 0 aliphatic rings. The van der Waals surface area contributed by atoms with E-state index in [1.54, 1.807) is 0 Å². The molecule has 0 unspecified atom stereocenters. The van der Waals surface area contributed by atoms with Crippen molar-refractivity contribution < 1.29 is 13.2 Å². The molecule has 0 saturated heterocycles. The van der Waals surface area contributed by atoms with Crippen molar-refractivity contribution in [3.05, 3.63) is 35.5 Å². The molecule has 0 atom stereocenters. The Morgan fingerprint density at radius 1 is 1.27 bits per heavy atom. The Hall–Kier alpha value is -1.96. The van der Waals surface area contributed by atoms with Crippen LogP contribution in [0.4, 0.5) is 13.2 Å². The number of aromatic amines is 1. The van der Waals surface area contributed by atoms with Gasteiger partial charge in [-0.1, -0.05) is 6.07 Å². The van der Waals surface area contributed by atoms with Gasteiger partial charge in [0.25, 0.3) is 0 Å². The van der Waals surface area contributed by atoms with Crippen molar-refractivity contribution in [2.45, 2.75) is 6.18 Å². The highest BCUT2D eigenvalue weighted by molar-refractivity contribution is 5.86. The SMILES string of the molecule is N#Cc1cccc2[nH]c(C(F)(F)F)cc12. The minimum Gasteiger partial charge on any atom is -0.351 e. The van der Waals surface area contributed by atoms with Crippen molar-refractivity contribution in [3.63, 3.8) is 0 Å². The van der Waals surface area contributed by atoms with E-state index in [2.05, 4.69) is 4.98 Å². The number of alkyl halides is 3. The minimum atomic E-state index is -4.41. The third-order valence-electron chi connectivity index (χ3n) is 2.09. The summed E-state index contributed by atoms with van der Waals surface area (Å²) in [5.74, 6) is 0. The minimum absolute atomic E-state index is 0.235. The van der Waals surface area contributed by atoms with Gasteiger partial charge in [-0.2, -0.15) is 18.4 Å². The molecule has 1 heterocycles. The normalized spacial score (nSPS) is 11.6. The van der Waals surface area contributed by atoms with E-state index in [1.807, 2.05) is 6.07 Å². The van der Waals surface area contributed by atoms with Crippen molar-refractivity contribution >= 4 is 10.9 Å². The zero-order chi connectivity index (χ0) is 11.1. The van der Waals surface area contributed by atoms with E-state index in [4.69, 9.17) is 5.26 Å². The van der Waals surface area contributed by atoms with Gasteiger partial charge in [-0.05, 0) is 18.2 Å². The van der Waals surface area contributed by atoms with Gasteiger partial charge in [-0.25, -0.2) is 0 Å². The Bertz CT molecular complexity index is 546. The van der Waals surface area contributed by atoms with Crippen LogP contribution in [0.1, 0.15) is 11.3 Å². The first-order valence-electron chi connectivity index (χ1n) is 4.11. The van der Waals surface area contributed by atoms with Crippen molar-refractivity contribution in [2.75, 3.05) is 0 Å². The molecule has 0 aliphatic carbocycles. The first-order valence-corrected chi connectivity index (χ1v) is 4.11. The van der Waals surface area contributed by atoms with Gasteiger partial charge in [0.15, 0.2) is 0 Å². The summed E-state index contributed by atoms with van der Waals surface area (Å²) in [5.41, 5.74) is -0.277. The second-order valence-electron chi connectivity index (χ2n) is 3.06. The van der Waals surface area contributed by atoms with Crippen LogP contribution in [-0.4, -0.2) is 4.98 Å². The molecule has 2 aromatic rings. The lowest BCUT2D eigenvalue weighted by molar-refractivity contribution is -0.140. The molecule has 0 fully saturated rings. The van der Waals surface area contributed by atoms with Gasteiger partial charge in [0, 0.05) is 10.9 Å². The average Bonchev–Trinajstić information content (AvgIpc) is 2.59.